The molecule has 5 heteroatoms. The maximum Gasteiger partial charge on any atom is 0.332 e. The number of esters is 2. The van der Waals surface area contributed by atoms with Crippen molar-refractivity contribution in [1.29, 1.82) is 5.26 Å². The minimum Gasteiger partial charge on any atom is -0.466 e. The normalized spacial score (nSPS) is 8.75. The van der Waals surface area contributed by atoms with Crippen LogP contribution < -0.4 is 0 Å². The molecule has 1 atom stereocenters. The molecule has 0 heterocycles. The van der Waals surface area contributed by atoms with Crippen molar-refractivity contribution in [3.05, 3.63) is 105 Å². The zero-order valence-electron chi connectivity index (χ0n) is 22.7. The number of unbranched alkanes of at least 4 members (excludes halogenated alkanes) is 1. The fourth-order valence-electron chi connectivity index (χ4n) is 1.92. The molecule has 0 amide bonds. The van der Waals surface area contributed by atoms with Crippen molar-refractivity contribution in [2.45, 2.75) is 46.5 Å². The SMILES string of the molecule is C=C(C)C(=O)OC.C=CC#N.C=CC(=O)OCC(CC)CCCC.C=CC=C.C=Cc1ccccc1. The largest absolute Gasteiger partial charge is 0.466 e. The molecule has 36 heavy (non-hydrogen) atoms. The quantitative estimate of drug-likeness (QED) is 0.142. The van der Waals surface area contributed by atoms with Gasteiger partial charge in [-0.25, -0.2) is 9.59 Å². The Balaban J connectivity index is -0.000000192. The van der Waals surface area contributed by atoms with Gasteiger partial charge >= 0.3 is 11.9 Å². The highest BCUT2D eigenvalue weighted by molar-refractivity contribution is 5.86. The highest BCUT2D eigenvalue weighted by Gasteiger charge is 2.07. The smallest absolute Gasteiger partial charge is 0.332 e. The van der Waals surface area contributed by atoms with Crippen molar-refractivity contribution in [1.82, 2.24) is 0 Å². The Morgan fingerprint density at radius 1 is 1.06 bits per heavy atom. The van der Waals surface area contributed by atoms with Crippen LogP contribution in [0.4, 0.5) is 0 Å². The minimum absolute atomic E-state index is 0.310. The molecule has 0 aliphatic rings. The number of benzene rings is 1. The molecule has 0 saturated heterocycles. The van der Waals surface area contributed by atoms with Gasteiger partial charge in [0, 0.05) is 17.7 Å². The van der Waals surface area contributed by atoms with Gasteiger partial charge in [-0.3, -0.25) is 0 Å². The number of hydrogen-bond donors (Lipinski definition) is 0. The summed E-state index contributed by atoms with van der Waals surface area (Å²) in [7, 11) is 1.33. The molecule has 0 N–H and O–H groups in total. The van der Waals surface area contributed by atoms with Gasteiger partial charge < -0.3 is 9.47 Å². The molecular formula is C31H45NO4. The molecule has 1 rings (SSSR count). The molecule has 0 radical (unpaired) electrons. The summed E-state index contributed by atoms with van der Waals surface area (Å²) in [5, 5.41) is 7.51. The third-order valence-electron chi connectivity index (χ3n) is 4.00. The van der Waals surface area contributed by atoms with Gasteiger partial charge in [0.15, 0.2) is 0 Å². The Hall–Kier alpha value is -3.91. The summed E-state index contributed by atoms with van der Waals surface area (Å²) in [4.78, 5) is 21.0. The van der Waals surface area contributed by atoms with Crippen molar-refractivity contribution in [3.8, 4) is 6.07 Å². The van der Waals surface area contributed by atoms with Gasteiger partial charge in [0.2, 0.25) is 0 Å². The Kier molecular flexibility index (Phi) is 36.3. The lowest BCUT2D eigenvalue weighted by atomic mass is 10.0. The fraction of sp³-hybridized carbons (Fsp3) is 0.323. The Labute approximate surface area is 219 Å². The van der Waals surface area contributed by atoms with E-state index in [1.807, 2.05) is 36.4 Å². The van der Waals surface area contributed by atoms with Gasteiger partial charge in [0.05, 0.1) is 19.8 Å². The molecule has 198 valence electrons. The van der Waals surface area contributed by atoms with E-state index < -0.39 is 0 Å². The van der Waals surface area contributed by atoms with Crippen LogP contribution in [0.15, 0.2) is 99.7 Å². The summed E-state index contributed by atoms with van der Waals surface area (Å²) in [5.74, 6) is -0.140. The predicted octanol–water partition coefficient (Wildman–Crippen LogP) is 8.05. The number of nitriles is 1. The lowest BCUT2D eigenvalue weighted by molar-refractivity contribution is -0.139. The van der Waals surface area contributed by atoms with Gasteiger partial charge in [-0.2, -0.15) is 5.26 Å². The zero-order valence-corrected chi connectivity index (χ0v) is 22.7. The standard InChI is InChI=1S/C11H20O2.C8H8.C5H8O2.C4H6.C3H3N/c1-4-7-8-10(5-2)9-13-11(12)6-3;1-2-8-6-4-3-5-7-8;1-4(2)5(6)7-3;1-3-4-2;1-2-3-4/h6,10H,3-5,7-9H2,1-2H3;2-7H,1H2;1H2,2-3H3;3-4H,1-2H2;2H,1H2. The van der Waals surface area contributed by atoms with E-state index in [9.17, 15) is 9.59 Å². The fourth-order valence-corrected chi connectivity index (χ4v) is 1.92. The van der Waals surface area contributed by atoms with Crippen LogP contribution in [0.1, 0.15) is 52.0 Å². The number of carbonyl (C=O) groups is 2. The van der Waals surface area contributed by atoms with Crippen LogP contribution in [-0.2, 0) is 19.1 Å². The van der Waals surface area contributed by atoms with E-state index in [0.29, 0.717) is 18.1 Å². The Morgan fingerprint density at radius 3 is 1.83 bits per heavy atom. The lowest BCUT2D eigenvalue weighted by Crippen LogP contribution is -2.12. The number of hydrogen-bond acceptors (Lipinski definition) is 5. The first-order valence-electron chi connectivity index (χ1n) is 11.6. The Morgan fingerprint density at radius 2 is 1.58 bits per heavy atom. The van der Waals surface area contributed by atoms with Crippen LogP contribution >= 0.6 is 0 Å². The molecule has 0 aromatic heterocycles. The molecule has 1 unspecified atom stereocenters. The van der Waals surface area contributed by atoms with Crippen LogP contribution in [0.2, 0.25) is 0 Å². The summed E-state index contributed by atoms with van der Waals surface area (Å²) in [6, 6.07) is 11.7. The van der Waals surface area contributed by atoms with E-state index in [1.54, 1.807) is 25.1 Å². The average Bonchev–Trinajstić information content (AvgIpc) is 2.93. The van der Waals surface area contributed by atoms with Crippen LogP contribution in [0.25, 0.3) is 6.08 Å². The Bertz CT molecular complexity index is 783. The van der Waals surface area contributed by atoms with Gasteiger partial charge in [-0.05, 0) is 24.8 Å². The minimum atomic E-state index is -0.347. The summed E-state index contributed by atoms with van der Waals surface area (Å²) < 4.78 is 9.26. The third kappa shape index (κ3) is 34.7. The second-order valence-electron chi connectivity index (χ2n) is 6.94. The second kappa shape index (κ2) is 33.3. The van der Waals surface area contributed by atoms with Crippen molar-refractivity contribution in [2.75, 3.05) is 13.7 Å². The van der Waals surface area contributed by atoms with Crippen LogP contribution in [0, 0.1) is 17.2 Å². The first-order chi connectivity index (χ1) is 17.2. The van der Waals surface area contributed by atoms with Gasteiger partial charge in [0.1, 0.15) is 0 Å². The first kappa shape index (κ1) is 39.3. The highest BCUT2D eigenvalue weighted by atomic mass is 16.5. The van der Waals surface area contributed by atoms with E-state index in [4.69, 9.17) is 10.00 Å². The molecular weight excluding hydrogens is 450 g/mol. The molecule has 0 fully saturated rings. The number of rotatable bonds is 10. The summed E-state index contributed by atoms with van der Waals surface area (Å²) >= 11 is 0. The molecule has 0 aliphatic carbocycles. The van der Waals surface area contributed by atoms with E-state index >= 15 is 0 Å². The second-order valence-corrected chi connectivity index (χ2v) is 6.94. The zero-order chi connectivity index (χ0) is 28.6. The summed E-state index contributed by atoms with van der Waals surface area (Å²) in [6.07, 6.45) is 12.1. The lowest BCUT2D eigenvalue weighted by Gasteiger charge is -2.13. The van der Waals surface area contributed by atoms with E-state index in [0.717, 1.165) is 12.8 Å². The number of methoxy groups -OCH3 is 1. The van der Waals surface area contributed by atoms with Crippen molar-refractivity contribution in [3.63, 3.8) is 0 Å². The van der Waals surface area contributed by atoms with E-state index in [-0.39, 0.29) is 11.9 Å². The van der Waals surface area contributed by atoms with Crippen LogP contribution in [-0.4, -0.2) is 25.7 Å². The van der Waals surface area contributed by atoms with Crippen LogP contribution in [0.5, 0.6) is 0 Å². The van der Waals surface area contributed by atoms with Crippen molar-refractivity contribution < 1.29 is 19.1 Å². The number of allylic oxidation sites excluding steroid dienone is 3. The molecule has 0 spiro atoms. The molecule has 0 saturated carbocycles. The topological polar surface area (TPSA) is 76.4 Å². The highest BCUT2D eigenvalue weighted by Crippen LogP contribution is 2.12. The molecule has 0 bridgehead atoms. The number of carbonyl (C=O) groups excluding carboxylic acids is 2. The predicted molar refractivity (Wildman–Crippen MR) is 154 cm³/mol. The van der Waals surface area contributed by atoms with Gasteiger partial charge in [0.25, 0.3) is 0 Å². The van der Waals surface area contributed by atoms with Gasteiger partial charge in [-0.1, -0.05) is 121 Å². The van der Waals surface area contributed by atoms with E-state index in [1.165, 1.54) is 37.7 Å². The van der Waals surface area contributed by atoms with Crippen LogP contribution in [0.3, 0.4) is 0 Å². The maximum absolute atomic E-state index is 10.8. The number of nitrogens with zero attached hydrogens (tertiary/aromatic N) is 1. The molecule has 0 aliphatic heterocycles. The van der Waals surface area contributed by atoms with Crippen molar-refractivity contribution >= 4 is 18.0 Å². The monoisotopic (exact) mass is 495 g/mol. The van der Waals surface area contributed by atoms with E-state index in [2.05, 4.69) is 58.1 Å². The summed E-state index contributed by atoms with van der Waals surface area (Å²) in [5.41, 5.74) is 1.61. The maximum atomic E-state index is 10.8. The third-order valence-corrected chi connectivity index (χ3v) is 4.00. The molecule has 1 aromatic carbocycles. The first-order valence-corrected chi connectivity index (χ1v) is 11.6. The number of ether oxygens (including phenoxy) is 2. The molecule has 5 nitrogen and oxygen atoms in total. The summed E-state index contributed by atoms with van der Waals surface area (Å²) in [6.45, 7) is 26.6. The molecule has 1 aromatic rings. The average molecular weight is 496 g/mol. The van der Waals surface area contributed by atoms with Gasteiger partial charge in [-0.15, -0.1) is 0 Å². The van der Waals surface area contributed by atoms with Crippen molar-refractivity contribution in [2.24, 2.45) is 5.92 Å².